The third-order valence-corrected chi connectivity index (χ3v) is 4.26. The zero-order chi connectivity index (χ0) is 12.9. The Bertz CT molecular complexity index is 465. The molecule has 0 aliphatic heterocycles. The lowest BCUT2D eigenvalue weighted by Gasteiger charge is -2.15. The highest BCUT2D eigenvalue weighted by Crippen LogP contribution is 2.15. The molecular formula is C12H17NO3S. The number of likely N-dealkylation sites (N-methyl/N-ethyl adjacent to an activating group) is 1. The summed E-state index contributed by atoms with van der Waals surface area (Å²) >= 11 is 0. The molecule has 0 aliphatic rings. The van der Waals surface area contributed by atoms with E-state index in [-0.39, 0.29) is 18.0 Å². The van der Waals surface area contributed by atoms with Crippen molar-refractivity contribution < 1.29 is 13.5 Å². The van der Waals surface area contributed by atoms with Gasteiger partial charge in [0, 0.05) is 20.2 Å². The number of aliphatic hydroxyl groups is 1. The van der Waals surface area contributed by atoms with E-state index in [9.17, 15) is 8.42 Å². The van der Waals surface area contributed by atoms with Crippen molar-refractivity contribution in [1.29, 1.82) is 0 Å². The topological polar surface area (TPSA) is 57.6 Å². The van der Waals surface area contributed by atoms with Crippen LogP contribution in [0.15, 0.2) is 41.8 Å². The molecule has 0 amide bonds. The van der Waals surface area contributed by atoms with Gasteiger partial charge in [0.2, 0.25) is 10.0 Å². The molecule has 0 spiro atoms. The molecule has 0 fully saturated rings. The van der Waals surface area contributed by atoms with Gasteiger partial charge in [-0.3, -0.25) is 0 Å². The number of aliphatic hydroxyl groups excluding tert-OH is 1. The van der Waals surface area contributed by atoms with Gasteiger partial charge in [-0.15, -0.1) is 6.58 Å². The summed E-state index contributed by atoms with van der Waals surface area (Å²) in [6.07, 6.45) is 2.07. The molecule has 0 saturated carbocycles. The minimum Gasteiger partial charge on any atom is -0.396 e. The molecule has 17 heavy (non-hydrogen) atoms. The summed E-state index contributed by atoms with van der Waals surface area (Å²) in [5, 5.41) is 8.77. The predicted octanol–water partition coefficient (Wildman–Crippen LogP) is 1.03. The van der Waals surface area contributed by atoms with Crippen LogP contribution >= 0.6 is 0 Å². The molecule has 0 aromatic heterocycles. The van der Waals surface area contributed by atoms with Crippen molar-refractivity contribution in [3.8, 4) is 0 Å². The Morgan fingerprint density at radius 3 is 2.41 bits per heavy atom. The molecule has 4 nitrogen and oxygen atoms in total. The summed E-state index contributed by atoms with van der Waals surface area (Å²) in [6.45, 7) is 3.85. The lowest BCUT2D eigenvalue weighted by atomic mass is 10.2. The van der Waals surface area contributed by atoms with Crippen LogP contribution in [-0.2, 0) is 16.4 Å². The highest BCUT2D eigenvalue weighted by Gasteiger charge is 2.18. The minimum atomic E-state index is -3.43. The van der Waals surface area contributed by atoms with E-state index in [0.717, 1.165) is 5.56 Å². The summed E-state index contributed by atoms with van der Waals surface area (Å²) < 4.78 is 25.3. The van der Waals surface area contributed by atoms with Crippen LogP contribution in [0.25, 0.3) is 0 Å². The van der Waals surface area contributed by atoms with Gasteiger partial charge in [-0.25, -0.2) is 8.42 Å². The van der Waals surface area contributed by atoms with Crippen LogP contribution in [0.4, 0.5) is 0 Å². The lowest BCUT2D eigenvalue weighted by Crippen LogP contribution is -2.26. The first-order valence-electron chi connectivity index (χ1n) is 5.29. The van der Waals surface area contributed by atoms with E-state index in [2.05, 4.69) is 6.58 Å². The molecule has 0 atom stereocenters. The summed E-state index contributed by atoms with van der Waals surface area (Å²) in [6, 6.07) is 6.54. The number of benzene rings is 1. The van der Waals surface area contributed by atoms with Gasteiger partial charge in [-0.1, -0.05) is 18.2 Å². The monoisotopic (exact) mass is 255 g/mol. The Morgan fingerprint density at radius 2 is 1.94 bits per heavy atom. The van der Waals surface area contributed by atoms with Crippen LogP contribution in [0.5, 0.6) is 0 Å². The van der Waals surface area contributed by atoms with Crippen molar-refractivity contribution in [1.82, 2.24) is 4.31 Å². The number of hydrogen-bond acceptors (Lipinski definition) is 3. The van der Waals surface area contributed by atoms with Crippen molar-refractivity contribution in [3.63, 3.8) is 0 Å². The molecule has 0 aliphatic carbocycles. The molecule has 0 unspecified atom stereocenters. The van der Waals surface area contributed by atoms with Crippen LogP contribution in [-0.4, -0.2) is 38.0 Å². The molecule has 5 heteroatoms. The van der Waals surface area contributed by atoms with Crippen LogP contribution < -0.4 is 0 Å². The zero-order valence-corrected chi connectivity index (χ0v) is 10.7. The zero-order valence-electron chi connectivity index (χ0n) is 9.83. The van der Waals surface area contributed by atoms with Crippen LogP contribution in [0, 0.1) is 0 Å². The van der Waals surface area contributed by atoms with Crippen molar-refractivity contribution in [2.45, 2.75) is 11.3 Å². The molecule has 1 N–H and O–H groups in total. The Hall–Kier alpha value is -1.17. The summed E-state index contributed by atoms with van der Waals surface area (Å²) in [5.41, 5.74) is 0.915. The van der Waals surface area contributed by atoms with E-state index in [1.165, 1.54) is 17.4 Å². The molecule has 1 rings (SSSR count). The van der Waals surface area contributed by atoms with Gasteiger partial charge >= 0.3 is 0 Å². The maximum Gasteiger partial charge on any atom is 0.243 e. The van der Waals surface area contributed by atoms with Crippen LogP contribution in [0.2, 0.25) is 0 Å². The fraction of sp³-hybridized carbons (Fsp3) is 0.333. The highest BCUT2D eigenvalue weighted by molar-refractivity contribution is 7.89. The average Bonchev–Trinajstić information content (AvgIpc) is 2.30. The van der Waals surface area contributed by atoms with E-state index in [4.69, 9.17) is 5.11 Å². The van der Waals surface area contributed by atoms with Crippen molar-refractivity contribution in [3.05, 3.63) is 42.5 Å². The second kappa shape index (κ2) is 5.95. The number of rotatable bonds is 6. The van der Waals surface area contributed by atoms with Crippen LogP contribution in [0.1, 0.15) is 5.56 Å². The van der Waals surface area contributed by atoms with Gasteiger partial charge in [0.15, 0.2) is 0 Å². The maximum atomic E-state index is 12.0. The maximum absolute atomic E-state index is 12.0. The van der Waals surface area contributed by atoms with Gasteiger partial charge in [0.05, 0.1) is 4.90 Å². The molecule has 0 saturated heterocycles. The van der Waals surface area contributed by atoms with Gasteiger partial charge in [-0.2, -0.15) is 4.31 Å². The first-order valence-corrected chi connectivity index (χ1v) is 6.73. The van der Waals surface area contributed by atoms with E-state index < -0.39 is 10.0 Å². The lowest BCUT2D eigenvalue weighted by molar-refractivity contribution is 0.299. The normalized spacial score (nSPS) is 11.7. The van der Waals surface area contributed by atoms with Gasteiger partial charge in [-0.05, 0) is 24.1 Å². The van der Waals surface area contributed by atoms with Gasteiger partial charge < -0.3 is 5.11 Å². The van der Waals surface area contributed by atoms with Crippen molar-refractivity contribution in [2.24, 2.45) is 0 Å². The number of nitrogens with zero attached hydrogens (tertiary/aromatic N) is 1. The molecule has 0 bridgehead atoms. The molecule has 0 heterocycles. The van der Waals surface area contributed by atoms with Crippen molar-refractivity contribution in [2.75, 3.05) is 20.2 Å². The molecular weight excluding hydrogens is 238 g/mol. The standard InChI is InChI=1S/C12H17NO3S/c1-3-9-13(2)17(15,16)12-6-4-11(5-7-12)8-10-14/h3-7,14H,1,8-10H2,2H3. The molecule has 1 aromatic carbocycles. The number of hydrogen-bond donors (Lipinski definition) is 1. The van der Waals surface area contributed by atoms with E-state index in [1.807, 2.05) is 0 Å². The first-order chi connectivity index (χ1) is 8.02. The third kappa shape index (κ3) is 3.39. The fourth-order valence-electron chi connectivity index (χ4n) is 1.42. The summed E-state index contributed by atoms with van der Waals surface area (Å²) in [4.78, 5) is 0.253. The predicted molar refractivity (Wildman–Crippen MR) is 67.2 cm³/mol. The minimum absolute atomic E-state index is 0.0580. The fourth-order valence-corrected chi connectivity index (χ4v) is 2.56. The quantitative estimate of drug-likeness (QED) is 0.772. The molecule has 1 aromatic rings. The van der Waals surface area contributed by atoms with E-state index in [0.29, 0.717) is 6.42 Å². The van der Waals surface area contributed by atoms with E-state index >= 15 is 0 Å². The second-order valence-electron chi connectivity index (χ2n) is 3.69. The second-order valence-corrected chi connectivity index (χ2v) is 5.74. The Kier molecular flexibility index (Phi) is 4.86. The Morgan fingerprint density at radius 1 is 1.35 bits per heavy atom. The highest BCUT2D eigenvalue weighted by atomic mass is 32.2. The largest absolute Gasteiger partial charge is 0.396 e. The first kappa shape index (κ1) is 13.9. The summed E-state index contributed by atoms with van der Waals surface area (Å²) in [5.74, 6) is 0. The SMILES string of the molecule is C=CCN(C)S(=O)(=O)c1ccc(CCO)cc1. The average molecular weight is 255 g/mol. The smallest absolute Gasteiger partial charge is 0.243 e. The van der Waals surface area contributed by atoms with E-state index in [1.54, 1.807) is 24.3 Å². The van der Waals surface area contributed by atoms with Crippen LogP contribution in [0.3, 0.4) is 0 Å². The van der Waals surface area contributed by atoms with Crippen molar-refractivity contribution >= 4 is 10.0 Å². The Balaban J connectivity index is 2.95. The molecule has 0 radical (unpaired) electrons. The van der Waals surface area contributed by atoms with Gasteiger partial charge in [0.1, 0.15) is 0 Å². The Labute approximate surface area is 102 Å². The van der Waals surface area contributed by atoms with Gasteiger partial charge in [0.25, 0.3) is 0 Å². The summed E-state index contributed by atoms with van der Waals surface area (Å²) in [7, 11) is -1.92. The molecule has 94 valence electrons. The number of sulfonamides is 1. The third-order valence-electron chi connectivity index (χ3n) is 2.42.